The molecular weight excluding hydrogens is 536 g/mol. The maximum Gasteiger partial charge on any atom is 0.321 e. The average Bonchev–Trinajstić information content (AvgIpc) is 3.42. The Kier molecular flexibility index (Phi) is 7.95. The van der Waals surface area contributed by atoms with Crippen molar-refractivity contribution in [2.45, 2.75) is 13.0 Å². The number of urea groups is 1. The van der Waals surface area contributed by atoms with Crippen LogP contribution >= 0.6 is 11.6 Å². The molecule has 0 unspecified atom stereocenters. The first-order valence-electron chi connectivity index (χ1n) is 13.7. The van der Waals surface area contributed by atoms with Gasteiger partial charge in [-0.3, -0.25) is 0 Å². The SMILES string of the molecule is O=C(Nc1ccc(Cl)cc1)N1CCN(c2nc(NCCc3ccccc3)c3ncn(Cc4ccccc4)c3n2)CC1. The Morgan fingerprint density at radius 3 is 2.22 bits per heavy atom. The Morgan fingerprint density at radius 1 is 0.829 bits per heavy atom. The molecule has 2 N–H and O–H groups in total. The smallest absolute Gasteiger partial charge is 0.321 e. The number of hydrogen-bond donors (Lipinski definition) is 2. The van der Waals surface area contributed by atoms with Gasteiger partial charge in [0.2, 0.25) is 5.95 Å². The Balaban J connectivity index is 1.20. The second kappa shape index (κ2) is 12.3. The van der Waals surface area contributed by atoms with Gasteiger partial charge in [0.25, 0.3) is 0 Å². The number of nitrogens with one attached hydrogen (secondary N) is 2. The Hall–Kier alpha value is -4.63. The van der Waals surface area contributed by atoms with Crippen molar-refractivity contribution in [3.05, 3.63) is 107 Å². The van der Waals surface area contributed by atoms with E-state index < -0.39 is 0 Å². The summed E-state index contributed by atoms with van der Waals surface area (Å²) in [5.41, 5.74) is 4.68. The van der Waals surface area contributed by atoms with Crippen LogP contribution in [0.4, 0.5) is 22.2 Å². The molecule has 0 saturated carbocycles. The highest BCUT2D eigenvalue weighted by molar-refractivity contribution is 6.30. The van der Waals surface area contributed by atoms with Crippen LogP contribution in [0.25, 0.3) is 11.2 Å². The van der Waals surface area contributed by atoms with Gasteiger partial charge < -0.3 is 25.0 Å². The van der Waals surface area contributed by atoms with Gasteiger partial charge in [0.05, 0.1) is 12.9 Å². The van der Waals surface area contributed by atoms with Crippen molar-refractivity contribution in [3.63, 3.8) is 0 Å². The molecule has 0 bridgehead atoms. The maximum atomic E-state index is 12.9. The van der Waals surface area contributed by atoms with Crippen molar-refractivity contribution >= 4 is 46.2 Å². The molecule has 1 saturated heterocycles. The van der Waals surface area contributed by atoms with Gasteiger partial charge in [0.1, 0.15) is 0 Å². The minimum atomic E-state index is -0.132. The minimum absolute atomic E-state index is 0.132. The summed E-state index contributed by atoms with van der Waals surface area (Å²) < 4.78 is 2.06. The van der Waals surface area contributed by atoms with E-state index in [1.54, 1.807) is 24.3 Å². The average molecular weight is 567 g/mol. The third kappa shape index (κ3) is 6.41. The first-order valence-corrected chi connectivity index (χ1v) is 14.1. The highest BCUT2D eigenvalue weighted by Crippen LogP contribution is 2.24. The normalized spacial score (nSPS) is 13.4. The number of rotatable bonds is 8. The zero-order chi connectivity index (χ0) is 28.0. The summed E-state index contributed by atoms with van der Waals surface area (Å²) in [5.74, 6) is 1.35. The molecule has 3 aromatic carbocycles. The zero-order valence-corrected chi connectivity index (χ0v) is 23.3. The zero-order valence-electron chi connectivity index (χ0n) is 22.6. The number of imidazole rings is 1. The molecule has 1 fully saturated rings. The number of aromatic nitrogens is 4. The van der Waals surface area contributed by atoms with Crippen molar-refractivity contribution in [2.75, 3.05) is 48.3 Å². The molecule has 0 aliphatic carbocycles. The van der Waals surface area contributed by atoms with Gasteiger partial charge in [0.15, 0.2) is 17.0 Å². The van der Waals surface area contributed by atoms with Gasteiger partial charge in [0, 0.05) is 43.4 Å². The van der Waals surface area contributed by atoms with Gasteiger partial charge in [-0.15, -0.1) is 0 Å². The molecule has 1 aliphatic rings. The summed E-state index contributed by atoms with van der Waals surface area (Å²) in [4.78, 5) is 31.4. The van der Waals surface area contributed by atoms with Gasteiger partial charge in [-0.05, 0) is 41.8 Å². The summed E-state index contributed by atoms with van der Waals surface area (Å²) in [6, 6.07) is 27.6. The molecule has 0 atom stereocenters. The number of carbonyl (C=O) groups is 1. The predicted molar refractivity (Wildman–Crippen MR) is 164 cm³/mol. The predicted octanol–water partition coefficient (Wildman–Crippen LogP) is 5.54. The van der Waals surface area contributed by atoms with Crippen LogP contribution in [0.5, 0.6) is 0 Å². The topological polar surface area (TPSA) is 91.2 Å². The molecule has 41 heavy (non-hydrogen) atoms. The second-order valence-corrected chi connectivity index (χ2v) is 10.4. The van der Waals surface area contributed by atoms with Crippen molar-refractivity contribution in [3.8, 4) is 0 Å². The highest BCUT2D eigenvalue weighted by atomic mass is 35.5. The Bertz CT molecular complexity index is 1600. The monoisotopic (exact) mass is 566 g/mol. The van der Waals surface area contributed by atoms with Crippen LogP contribution in [-0.4, -0.2) is 63.2 Å². The van der Waals surface area contributed by atoms with E-state index >= 15 is 0 Å². The number of nitrogens with zero attached hydrogens (tertiary/aromatic N) is 6. The Morgan fingerprint density at radius 2 is 1.51 bits per heavy atom. The van der Waals surface area contributed by atoms with E-state index in [0.717, 1.165) is 29.9 Å². The molecule has 1 aliphatic heterocycles. The molecule has 2 aromatic heterocycles. The molecule has 2 amide bonds. The van der Waals surface area contributed by atoms with Crippen molar-refractivity contribution in [2.24, 2.45) is 0 Å². The number of fused-ring (bicyclic) bond motifs is 1. The highest BCUT2D eigenvalue weighted by Gasteiger charge is 2.24. The first kappa shape index (κ1) is 26.6. The Labute approximate surface area is 243 Å². The number of anilines is 3. The largest absolute Gasteiger partial charge is 0.368 e. The van der Waals surface area contributed by atoms with Crippen LogP contribution in [0, 0.1) is 0 Å². The van der Waals surface area contributed by atoms with Crippen LogP contribution < -0.4 is 15.5 Å². The van der Waals surface area contributed by atoms with Crippen molar-refractivity contribution in [1.82, 2.24) is 24.4 Å². The maximum absolute atomic E-state index is 12.9. The fraction of sp³-hybridized carbons (Fsp3) is 0.226. The quantitative estimate of drug-likeness (QED) is 0.256. The third-order valence-electron chi connectivity index (χ3n) is 7.14. The fourth-order valence-electron chi connectivity index (χ4n) is 4.91. The molecule has 6 rings (SSSR count). The summed E-state index contributed by atoms with van der Waals surface area (Å²) >= 11 is 5.97. The fourth-order valence-corrected chi connectivity index (χ4v) is 5.03. The third-order valence-corrected chi connectivity index (χ3v) is 7.39. The molecular formula is C31H31ClN8O. The van der Waals surface area contributed by atoms with Crippen LogP contribution in [0.2, 0.25) is 5.02 Å². The van der Waals surface area contributed by atoms with E-state index in [-0.39, 0.29) is 6.03 Å². The molecule has 3 heterocycles. The number of halogens is 1. The lowest BCUT2D eigenvalue weighted by Crippen LogP contribution is -2.50. The lowest BCUT2D eigenvalue weighted by atomic mass is 10.1. The molecule has 9 nitrogen and oxygen atoms in total. The van der Waals surface area contributed by atoms with Gasteiger partial charge in [-0.2, -0.15) is 9.97 Å². The number of piperazine rings is 1. The summed E-state index contributed by atoms with van der Waals surface area (Å²) in [7, 11) is 0. The van der Waals surface area contributed by atoms with Crippen molar-refractivity contribution < 1.29 is 4.79 Å². The van der Waals surface area contributed by atoms with Crippen LogP contribution in [0.15, 0.2) is 91.3 Å². The number of benzene rings is 3. The molecule has 0 spiro atoms. The molecule has 208 valence electrons. The lowest BCUT2D eigenvalue weighted by molar-refractivity contribution is 0.208. The van der Waals surface area contributed by atoms with Crippen LogP contribution in [0.3, 0.4) is 0 Å². The summed E-state index contributed by atoms with van der Waals surface area (Å²) in [6.45, 7) is 3.74. The minimum Gasteiger partial charge on any atom is -0.368 e. The number of hydrogen-bond acceptors (Lipinski definition) is 6. The second-order valence-electron chi connectivity index (χ2n) is 9.98. The lowest BCUT2D eigenvalue weighted by Gasteiger charge is -2.34. The van der Waals surface area contributed by atoms with Crippen LogP contribution in [0.1, 0.15) is 11.1 Å². The van der Waals surface area contributed by atoms with Gasteiger partial charge in [-0.25, -0.2) is 9.78 Å². The first-order chi connectivity index (χ1) is 20.1. The molecule has 5 aromatic rings. The standard InChI is InChI=1S/C31H31ClN8O/c32-25-11-13-26(14-12-25)35-31(41)39-19-17-38(18-20-39)30-36-28(33-16-15-23-7-3-1-4-8-23)27-29(37-30)40(22-34-27)21-24-9-5-2-6-10-24/h1-14,22H,15-21H2,(H,35,41)(H,33,36,37). The van der Waals surface area contributed by atoms with Crippen molar-refractivity contribution in [1.29, 1.82) is 0 Å². The van der Waals surface area contributed by atoms with E-state index in [4.69, 9.17) is 26.6 Å². The molecule has 10 heteroatoms. The summed E-state index contributed by atoms with van der Waals surface area (Å²) in [5, 5.41) is 7.09. The van der Waals surface area contributed by atoms with E-state index in [9.17, 15) is 4.79 Å². The number of carbonyl (C=O) groups excluding carboxylic acids is 1. The van der Waals surface area contributed by atoms with Crippen LogP contribution in [-0.2, 0) is 13.0 Å². The molecule has 0 radical (unpaired) electrons. The van der Waals surface area contributed by atoms with E-state index in [1.165, 1.54) is 11.1 Å². The van der Waals surface area contributed by atoms with Gasteiger partial charge in [-0.1, -0.05) is 72.3 Å². The van der Waals surface area contributed by atoms with E-state index in [1.807, 2.05) is 35.5 Å². The summed E-state index contributed by atoms with van der Waals surface area (Å²) in [6.07, 6.45) is 2.70. The van der Waals surface area contributed by atoms with Gasteiger partial charge >= 0.3 is 6.03 Å². The number of amides is 2. The van der Waals surface area contributed by atoms with E-state index in [2.05, 4.69) is 56.5 Å². The van der Waals surface area contributed by atoms with E-state index in [0.29, 0.717) is 49.4 Å².